The van der Waals surface area contributed by atoms with Crippen molar-refractivity contribution < 1.29 is 9.90 Å². The Hall–Kier alpha value is -2.11. The molecule has 0 saturated heterocycles. The summed E-state index contributed by atoms with van der Waals surface area (Å²) in [6.07, 6.45) is -0.689. The van der Waals surface area contributed by atoms with Gasteiger partial charge < -0.3 is 10.0 Å². The summed E-state index contributed by atoms with van der Waals surface area (Å²) in [4.78, 5) is 19.2. The molecule has 5 heteroatoms. The highest BCUT2D eigenvalue weighted by atomic mass is 32.2. The number of thioether (sulfide) groups is 1. The maximum absolute atomic E-state index is 12.9. The fourth-order valence-electron chi connectivity index (χ4n) is 2.93. The van der Waals surface area contributed by atoms with Gasteiger partial charge >= 0.3 is 0 Å². The lowest BCUT2D eigenvalue weighted by Gasteiger charge is -2.25. The molecule has 4 nitrogen and oxygen atoms in total. The van der Waals surface area contributed by atoms with Crippen molar-refractivity contribution in [2.45, 2.75) is 26.0 Å². The van der Waals surface area contributed by atoms with Crippen molar-refractivity contribution in [1.29, 1.82) is 0 Å². The summed E-state index contributed by atoms with van der Waals surface area (Å²) in [5.41, 5.74) is 3.03. The second-order valence-corrected chi connectivity index (χ2v) is 7.44. The van der Waals surface area contributed by atoms with E-state index in [0.717, 1.165) is 21.7 Å². The summed E-state index contributed by atoms with van der Waals surface area (Å²) in [5.74, 6) is 0.636. The number of aliphatic imine (C=N–C) groups is 1. The number of amides is 1. The summed E-state index contributed by atoms with van der Waals surface area (Å²) >= 11 is 1.62. The van der Waals surface area contributed by atoms with E-state index >= 15 is 0 Å². The maximum atomic E-state index is 12.9. The lowest BCUT2D eigenvalue weighted by molar-refractivity contribution is -0.133. The number of carbonyl (C=O) groups excluding carboxylic acids is 1. The van der Waals surface area contributed by atoms with Crippen LogP contribution in [0.25, 0.3) is 0 Å². The molecule has 0 fully saturated rings. The fraction of sp³-hybridized carbons (Fsp3) is 0.333. The molecule has 0 radical (unpaired) electrons. The van der Waals surface area contributed by atoms with Crippen LogP contribution in [-0.4, -0.2) is 45.8 Å². The van der Waals surface area contributed by atoms with E-state index in [0.29, 0.717) is 12.3 Å². The van der Waals surface area contributed by atoms with Gasteiger partial charge in [-0.25, -0.2) is 0 Å². The maximum Gasteiger partial charge on any atom is 0.248 e. The van der Waals surface area contributed by atoms with Crippen molar-refractivity contribution >= 4 is 22.7 Å². The second-order valence-electron chi connectivity index (χ2n) is 6.43. The van der Waals surface area contributed by atoms with Gasteiger partial charge in [-0.05, 0) is 19.4 Å². The summed E-state index contributed by atoms with van der Waals surface area (Å²) in [6.45, 7) is 4.79. The van der Waals surface area contributed by atoms with Crippen molar-refractivity contribution in [3.8, 4) is 0 Å². The Morgan fingerprint density at radius 1 is 1.23 bits per heavy atom. The highest BCUT2D eigenvalue weighted by Crippen LogP contribution is 2.25. The van der Waals surface area contributed by atoms with Crippen molar-refractivity contribution in [2.75, 3.05) is 18.8 Å². The van der Waals surface area contributed by atoms with Crippen LogP contribution in [0.4, 0.5) is 0 Å². The van der Waals surface area contributed by atoms with Crippen LogP contribution in [0.5, 0.6) is 0 Å². The van der Waals surface area contributed by atoms with Gasteiger partial charge in [0.1, 0.15) is 6.04 Å². The summed E-state index contributed by atoms with van der Waals surface area (Å²) in [6, 6.07) is 17.3. The lowest BCUT2D eigenvalue weighted by Crippen LogP contribution is -2.41. The van der Waals surface area contributed by atoms with Gasteiger partial charge in [-0.3, -0.25) is 9.79 Å². The quantitative estimate of drug-likeness (QED) is 0.850. The zero-order valence-corrected chi connectivity index (χ0v) is 15.9. The Morgan fingerprint density at radius 3 is 2.58 bits per heavy atom. The Kier molecular flexibility index (Phi) is 6.12. The van der Waals surface area contributed by atoms with E-state index in [1.807, 2.05) is 68.4 Å². The minimum Gasteiger partial charge on any atom is -0.387 e. The van der Waals surface area contributed by atoms with E-state index in [-0.39, 0.29) is 18.5 Å². The van der Waals surface area contributed by atoms with E-state index in [4.69, 9.17) is 0 Å². The molecule has 2 atom stereocenters. The first kappa shape index (κ1) is 18.7. The smallest absolute Gasteiger partial charge is 0.248 e. The van der Waals surface area contributed by atoms with Crippen LogP contribution < -0.4 is 0 Å². The fourth-order valence-corrected chi connectivity index (χ4v) is 3.96. The van der Waals surface area contributed by atoms with Gasteiger partial charge in [0.05, 0.1) is 17.7 Å². The Labute approximate surface area is 159 Å². The third-order valence-corrected chi connectivity index (χ3v) is 5.60. The molecule has 1 N–H and O–H groups in total. The standard InChI is InChI=1S/C21H24N2O2S/c1-3-23(13-19(24)16-11-9-15(2)10-12-16)21(25)18-14-26-20(22-18)17-7-5-4-6-8-17/h4-12,18-19,24H,3,13-14H2,1-2H3/t18-,19?/m0/s1. The molecule has 1 aliphatic heterocycles. The van der Waals surface area contributed by atoms with Crippen LogP contribution in [0.3, 0.4) is 0 Å². The van der Waals surface area contributed by atoms with Gasteiger partial charge in [0.2, 0.25) is 5.91 Å². The number of aryl methyl sites for hydroxylation is 1. The first-order chi connectivity index (χ1) is 12.6. The second kappa shape index (κ2) is 8.52. The molecule has 1 heterocycles. The minimum atomic E-state index is -0.689. The first-order valence-corrected chi connectivity index (χ1v) is 9.86. The molecular weight excluding hydrogens is 344 g/mol. The first-order valence-electron chi connectivity index (χ1n) is 8.88. The molecule has 1 amide bonds. The Bertz CT molecular complexity index is 774. The topological polar surface area (TPSA) is 52.9 Å². The van der Waals surface area contributed by atoms with Gasteiger partial charge in [-0.15, -0.1) is 11.8 Å². The van der Waals surface area contributed by atoms with E-state index in [2.05, 4.69) is 4.99 Å². The Balaban J connectivity index is 1.67. The number of benzene rings is 2. The van der Waals surface area contributed by atoms with Crippen LogP contribution in [0.2, 0.25) is 0 Å². The molecule has 136 valence electrons. The number of carbonyl (C=O) groups is 1. The molecule has 0 spiro atoms. The highest BCUT2D eigenvalue weighted by molar-refractivity contribution is 8.14. The monoisotopic (exact) mass is 368 g/mol. The molecule has 2 aromatic carbocycles. The number of aliphatic hydroxyl groups is 1. The van der Waals surface area contributed by atoms with E-state index < -0.39 is 6.10 Å². The number of rotatable bonds is 6. The predicted molar refractivity (Wildman–Crippen MR) is 108 cm³/mol. The number of likely N-dealkylation sites (N-methyl/N-ethyl adjacent to an activating group) is 1. The molecule has 26 heavy (non-hydrogen) atoms. The van der Waals surface area contributed by atoms with E-state index in [1.54, 1.807) is 16.7 Å². The largest absolute Gasteiger partial charge is 0.387 e. The summed E-state index contributed by atoms with van der Waals surface area (Å²) < 4.78 is 0. The van der Waals surface area contributed by atoms with Gasteiger partial charge in [0.25, 0.3) is 0 Å². The van der Waals surface area contributed by atoms with Gasteiger partial charge in [-0.2, -0.15) is 0 Å². The average molecular weight is 369 g/mol. The molecular formula is C21H24N2O2S. The molecule has 0 bridgehead atoms. The van der Waals surface area contributed by atoms with Crippen molar-refractivity contribution in [2.24, 2.45) is 4.99 Å². The molecule has 1 aliphatic rings. The number of aliphatic hydroxyl groups excluding tert-OH is 1. The zero-order chi connectivity index (χ0) is 18.5. The van der Waals surface area contributed by atoms with Crippen molar-refractivity contribution in [3.05, 3.63) is 71.3 Å². The summed E-state index contributed by atoms with van der Waals surface area (Å²) in [7, 11) is 0. The van der Waals surface area contributed by atoms with Crippen LogP contribution in [0, 0.1) is 6.92 Å². The van der Waals surface area contributed by atoms with Crippen LogP contribution in [0.15, 0.2) is 59.6 Å². The molecule has 1 unspecified atom stereocenters. The van der Waals surface area contributed by atoms with Gasteiger partial charge in [0, 0.05) is 17.9 Å². The molecule has 0 saturated carbocycles. The minimum absolute atomic E-state index is 0.0166. The molecule has 3 rings (SSSR count). The summed E-state index contributed by atoms with van der Waals surface area (Å²) in [5, 5.41) is 11.4. The van der Waals surface area contributed by atoms with Crippen LogP contribution in [0.1, 0.15) is 29.7 Å². The number of hydrogen-bond acceptors (Lipinski definition) is 4. The van der Waals surface area contributed by atoms with Gasteiger partial charge in [-0.1, -0.05) is 60.2 Å². The normalized spacial score (nSPS) is 17.7. The van der Waals surface area contributed by atoms with Crippen molar-refractivity contribution in [1.82, 2.24) is 4.90 Å². The molecule has 2 aromatic rings. The SMILES string of the molecule is CCN(CC(O)c1ccc(C)cc1)C(=O)[C@@H]1CSC(c2ccccc2)=N1. The van der Waals surface area contributed by atoms with E-state index in [1.165, 1.54) is 0 Å². The zero-order valence-electron chi connectivity index (χ0n) is 15.1. The predicted octanol–water partition coefficient (Wildman–Crippen LogP) is 3.44. The third kappa shape index (κ3) is 4.34. The highest BCUT2D eigenvalue weighted by Gasteiger charge is 2.30. The van der Waals surface area contributed by atoms with Crippen molar-refractivity contribution in [3.63, 3.8) is 0 Å². The Morgan fingerprint density at radius 2 is 1.92 bits per heavy atom. The lowest BCUT2D eigenvalue weighted by atomic mass is 10.1. The molecule has 0 aromatic heterocycles. The van der Waals surface area contributed by atoms with Gasteiger partial charge in [0.15, 0.2) is 0 Å². The third-order valence-electron chi connectivity index (χ3n) is 4.51. The molecule has 0 aliphatic carbocycles. The van der Waals surface area contributed by atoms with Crippen LogP contribution >= 0.6 is 11.8 Å². The van der Waals surface area contributed by atoms with E-state index in [9.17, 15) is 9.90 Å². The average Bonchev–Trinajstić information content (AvgIpc) is 3.17. The number of hydrogen-bond donors (Lipinski definition) is 1. The van der Waals surface area contributed by atoms with Crippen LogP contribution in [-0.2, 0) is 4.79 Å². The number of nitrogens with zero attached hydrogens (tertiary/aromatic N) is 2.